The van der Waals surface area contributed by atoms with E-state index in [1.165, 1.54) is 0 Å². The minimum Gasteiger partial charge on any atom is -0.326 e. The number of imidazole rings is 1. The summed E-state index contributed by atoms with van der Waals surface area (Å²) in [5, 5.41) is 0. The molecule has 4 heteroatoms. The molecular weight excluding hydrogens is 224 g/mol. The Balaban J connectivity index is 2.28. The van der Waals surface area contributed by atoms with E-state index in [2.05, 4.69) is 40.3 Å². The Morgan fingerprint density at radius 1 is 1.39 bits per heavy atom. The predicted octanol–water partition coefficient (Wildman–Crippen LogP) is 3.04. The van der Waals surface area contributed by atoms with Crippen LogP contribution in [0.25, 0.3) is 11.0 Å². The predicted molar refractivity (Wildman–Crippen MR) is 73.6 cm³/mol. The van der Waals surface area contributed by atoms with Crippen molar-refractivity contribution in [2.75, 3.05) is 0 Å². The molecular formula is C14H18N4. The molecule has 0 radical (unpaired) electrons. The lowest BCUT2D eigenvalue weighted by Gasteiger charge is -2.14. The van der Waals surface area contributed by atoms with Gasteiger partial charge in [-0.25, -0.2) is 4.98 Å². The smallest absolute Gasteiger partial charge is 0.110 e. The molecule has 4 nitrogen and oxygen atoms in total. The van der Waals surface area contributed by atoms with E-state index in [0.717, 1.165) is 47.6 Å². The van der Waals surface area contributed by atoms with Crippen LogP contribution in [0.2, 0.25) is 0 Å². The van der Waals surface area contributed by atoms with Gasteiger partial charge in [0.2, 0.25) is 0 Å². The van der Waals surface area contributed by atoms with Crippen LogP contribution in [0.4, 0.5) is 5.69 Å². The zero-order valence-electron chi connectivity index (χ0n) is 11.1. The van der Waals surface area contributed by atoms with E-state index in [1.54, 1.807) is 0 Å². The minimum atomic E-state index is 0.595. The van der Waals surface area contributed by atoms with E-state index >= 15 is 0 Å². The number of fused-ring (bicyclic) bond motifs is 3. The highest BCUT2D eigenvalue weighted by molar-refractivity contribution is 5.90. The second-order valence-corrected chi connectivity index (χ2v) is 5.30. The molecule has 0 aromatic carbocycles. The molecule has 1 aliphatic rings. The second-order valence-electron chi connectivity index (χ2n) is 5.30. The van der Waals surface area contributed by atoms with Crippen molar-refractivity contribution in [3.63, 3.8) is 0 Å². The molecule has 0 bridgehead atoms. The summed E-state index contributed by atoms with van der Waals surface area (Å²) in [6.45, 7) is 7.49. The molecule has 2 aromatic rings. The Hall–Kier alpha value is -1.71. The van der Waals surface area contributed by atoms with E-state index in [4.69, 9.17) is 0 Å². The van der Waals surface area contributed by atoms with Gasteiger partial charge in [-0.15, -0.1) is 0 Å². The first-order chi connectivity index (χ1) is 8.66. The first-order valence-electron chi connectivity index (χ1n) is 6.54. The first kappa shape index (κ1) is 11.4. The molecule has 2 aromatic heterocycles. The number of aryl methyl sites for hydroxylation is 2. The monoisotopic (exact) mass is 242 g/mol. The maximum absolute atomic E-state index is 4.60. The molecule has 1 aliphatic heterocycles. The highest BCUT2D eigenvalue weighted by Gasteiger charge is 2.17. The Kier molecular flexibility index (Phi) is 2.65. The average molecular weight is 242 g/mol. The maximum atomic E-state index is 4.60. The molecule has 0 saturated heterocycles. The van der Waals surface area contributed by atoms with Gasteiger partial charge in [0.15, 0.2) is 0 Å². The SMILES string of the molecule is Cc1nc2cnc3c(c2n1CC(C)C)N=CCC3. The summed E-state index contributed by atoms with van der Waals surface area (Å²) in [5.41, 5.74) is 4.25. The number of rotatable bonds is 2. The normalized spacial score (nSPS) is 14.4. The topological polar surface area (TPSA) is 43.1 Å². The zero-order valence-corrected chi connectivity index (χ0v) is 11.1. The van der Waals surface area contributed by atoms with Crippen LogP contribution in [0.15, 0.2) is 11.2 Å². The summed E-state index contributed by atoms with van der Waals surface area (Å²) in [6, 6.07) is 0. The summed E-state index contributed by atoms with van der Waals surface area (Å²) >= 11 is 0. The van der Waals surface area contributed by atoms with E-state index in [-0.39, 0.29) is 0 Å². The average Bonchev–Trinajstić information content (AvgIpc) is 2.66. The lowest BCUT2D eigenvalue weighted by molar-refractivity contribution is 0.524. The summed E-state index contributed by atoms with van der Waals surface area (Å²) in [5.74, 6) is 1.65. The van der Waals surface area contributed by atoms with Gasteiger partial charge in [0.1, 0.15) is 17.0 Å². The molecule has 3 rings (SSSR count). The third kappa shape index (κ3) is 1.72. The third-order valence-corrected chi connectivity index (χ3v) is 3.30. The number of aliphatic imine (C=N–C) groups is 1. The fourth-order valence-electron chi connectivity index (χ4n) is 2.53. The van der Waals surface area contributed by atoms with Crippen LogP contribution in [-0.4, -0.2) is 20.7 Å². The van der Waals surface area contributed by atoms with Gasteiger partial charge in [0.25, 0.3) is 0 Å². The molecule has 0 fully saturated rings. The van der Waals surface area contributed by atoms with Gasteiger partial charge in [-0.05, 0) is 25.7 Å². The van der Waals surface area contributed by atoms with Crippen LogP contribution in [-0.2, 0) is 13.0 Å². The summed E-state index contributed by atoms with van der Waals surface area (Å²) in [6.07, 6.45) is 5.85. The van der Waals surface area contributed by atoms with Crippen molar-refractivity contribution in [2.45, 2.75) is 40.2 Å². The fraction of sp³-hybridized carbons (Fsp3) is 0.500. The van der Waals surface area contributed by atoms with Crippen LogP contribution in [0.5, 0.6) is 0 Å². The second kappa shape index (κ2) is 4.19. The maximum Gasteiger partial charge on any atom is 0.110 e. The van der Waals surface area contributed by atoms with Crippen LogP contribution in [0.1, 0.15) is 31.8 Å². The van der Waals surface area contributed by atoms with E-state index in [0.29, 0.717) is 5.92 Å². The van der Waals surface area contributed by atoms with Crippen LogP contribution in [0, 0.1) is 12.8 Å². The van der Waals surface area contributed by atoms with E-state index in [1.807, 2.05) is 12.4 Å². The Morgan fingerprint density at radius 3 is 3.00 bits per heavy atom. The highest BCUT2D eigenvalue weighted by Crippen LogP contribution is 2.32. The lowest BCUT2D eigenvalue weighted by atomic mass is 10.1. The molecule has 0 unspecified atom stereocenters. The minimum absolute atomic E-state index is 0.595. The van der Waals surface area contributed by atoms with Crippen molar-refractivity contribution < 1.29 is 0 Å². The number of hydrogen-bond donors (Lipinski definition) is 0. The van der Waals surface area contributed by atoms with E-state index in [9.17, 15) is 0 Å². The van der Waals surface area contributed by atoms with Crippen molar-refractivity contribution >= 4 is 22.9 Å². The van der Waals surface area contributed by atoms with Gasteiger partial charge in [0.05, 0.1) is 17.4 Å². The highest BCUT2D eigenvalue weighted by atomic mass is 15.1. The first-order valence-corrected chi connectivity index (χ1v) is 6.54. The molecule has 0 spiro atoms. The fourth-order valence-corrected chi connectivity index (χ4v) is 2.53. The van der Waals surface area contributed by atoms with Gasteiger partial charge in [-0.2, -0.15) is 0 Å². The van der Waals surface area contributed by atoms with Crippen LogP contribution in [0.3, 0.4) is 0 Å². The Bertz CT molecular complexity index is 622. The number of hydrogen-bond acceptors (Lipinski definition) is 3. The molecule has 94 valence electrons. The van der Waals surface area contributed by atoms with Crippen LogP contribution < -0.4 is 0 Å². The standard InChI is InChI=1S/C14H18N4/c1-9(2)8-18-10(3)17-12-7-16-11-5-4-6-15-13(11)14(12)18/h6-7,9H,4-5,8H2,1-3H3. The van der Waals surface area contributed by atoms with Gasteiger partial charge in [-0.1, -0.05) is 13.8 Å². The largest absolute Gasteiger partial charge is 0.326 e. The zero-order chi connectivity index (χ0) is 12.7. The molecule has 0 saturated carbocycles. The molecule has 0 N–H and O–H groups in total. The van der Waals surface area contributed by atoms with Gasteiger partial charge >= 0.3 is 0 Å². The molecule has 0 amide bonds. The van der Waals surface area contributed by atoms with Gasteiger partial charge in [-0.3, -0.25) is 9.98 Å². The third-order valence-electron chi connectivity index (χ3n) is 3.30. The Labute approximate surface area is 107 Å². The van der Waals surface area contributed by atoms with Gasteiger partial charge < -0.3 is 4.57 Å². The summed E-state index contributed by atoms with van der Waals surface area (Å²) in [4.78, 5) is 13.6. The number of pyridine rings is 1. The lowest BCUT2D eigenvalue weighted by Crippen LogP contribution is -2.07. The van der Waals surface area contributed by atoms with Crippen molar-refractivity contribution in [3.8, 4) is 0 Å². The van der Waals surface area contributed by atoms with E-state index < -0.39 is 0 Å². The summed E-state index contributed by atoms with van der Waals surface area (Å²) in [7, 11) is 0. The van der Waals surface area contributed by atoms with Crippen molar-refractivity contribution in [3.05, 3.63) is 17.7 Å². The molecule has 3 heterocycles. The quantitative estimate of drug-likeness (QED) is 0.812. The molecule has 18 heavy (non-hydrogen) atoms. The number of nitrogens with zero attached hydrogens (tertiary/aromatic N) is 4. The van der Waals surface area contributed by atoms with Crippen molar-refractivity contribution in [2.24, 2.45) is 10.9 Å². The summed E-state index contributed by atoms with van der Waals surface area (Å²) < 4.78 is 2.28. The van der Waals surface area contributed by atoms with Crippen molar-refractivity contribution in [1.82, 2.24) is 14.5 Å². The van der Waals surface area contributed by atoms with Gasteiger partial charge in [0, 0.05) is 12.8 Å². The molecule has 0 atom stereocenters. The molecule has 0 aliphatic carbocycles. The number of aromatic nitrogens is 3. The Morgan fingerprint density at radius 2 is 2.22 bits per heavy atom. The van der Waals surface area contributed by atoms with Crippen LogP contribution >= 0.6 is 0 Å². The van der Waals surface area contributed by atoms with Crippen molar-refractivity contribution in [1.29, 1.82) is 0 Å².